The molecule has 4 aromatic rings. The number of rotatable bonds is 3. The molecule has 1 aliphatic heterocycles. The van der Waals surface area contributed by atoms with Crippen LogP contribution in [-0.2, 0) is 9.59 Å². The molecule has 2 N–H and O–H groups in total. The van der Waals surface area contributed by atoms with Gasteiger partial charge in [0.15, 0.2) is 0 Å². The molecule has 0 spiro atoms. The molecule has 1 aliphatic rings. The minimum absolute atomic E-state index is 0.0993. The van der Waals surface area contributed by atoms with E-state index in [4.69, 9.17) is 0 Å². The number of hydrogen-bond donors (Lipinski definition) is 2. The summed E-state index contributed by atoms with van der Waals surface area (Å²) >= 11 is 0. The third-order valence-corrected chi connectivity index (χ3v) is 5.34. The number of aliphatic hydroxyl groups is 1. The summed E-state index contributed by atoms with van der Waals surface area (Å²) in [5, 5.41) is 11.9. The van der Waals surface area contributed by atoms with Crippen LogP contribution in [-0.4, -0.2) is 26.8 Å². The van der Waals surface area contributed by atoms with E-state index >= 15 is 0 Å². The smallest absolute Gasteiger partial charge is 0.300 e. The number of aliphatic hydroxyl groups excluding tert-OH is 1. The quantitative estimate of drug-likeness (QED) is 0.297. The van der Waals surface area contributed by atoms with Crippen molar-refractivity contribution in [3.8, 4) is 0 Å². The molecule has 0 radical (unpaired) electrons. The van der Waals surface area contributed by atoms with Gasteiger partial charge in [-0.3, -0.25) is 19.5 Å². The van der Waals surface area contributed by atoms with Crippen LogP contribution in [0.25, 0.3) is 16.7 Å². The Morgan fingerprint density at radius 3 is 2.61 bits per heavy atom. The van der Waals surface area contributed by atoms with Crippen LogP contribution in [0.5, 0.6) is 0 Å². The fourth-order valence-corrected chi connectivity index (χ4v) is 3.95. The van der Waals surface area contributed by atoms with Gasteiger partial charge in [0.2, 0.25) is 0 Å². The Kier molecular flexibility index (Phi) is 4.36. The van der Waals surface area contributed by atoms with Crippen LogP contribution >= 0.6 is 0 Å². The molecule has 0 bridgehead atoms. The number of Topliss-reactive ketones (excluding diaryl/α,β-unsaturated/α-hetero) is 1. The van der Waals surface area contributed by atoms with Crippen LogP contribution in [0.2, 0.25) is 0 Å². The maximum atomic E-state index is 13.9. The maximum Gasteiger partial charge on any atom is 0.300 e. The van der Waals surface area contributed by atoms with Crippen molar-refractivity contribution >= 4 is 34.0 Å². The predicted molar refractivity (Wildman–Crippen MR) is 114 cm³/mol. The second-order valence-electron chi connectivity index (χ2n) is 7.15. The van der Waals surface area contributed by atoms with Crippen LogP contribution in [0, 0.1) is 5.82 Å². The van der Waals surface area contributed by atoms with Gasteiger partial charge in [-0.1, -0.05) is 30.3 Å². The fraction of sp³-hybridized carbons (Fsp3) is 0.0417. The molecule has 5 rings (SSSR count). The van der Waals surface area contributed by atoms with Gasteiger partial charge >= 0.3 is 0 Å². The third-order valence-electron chi connectivity index (χ3n) is 5.34. The standard InChI is InChI=1S/C24H16FN3O3/c25-14-6-5-7-15(12-14)28-21(19-10-3-4-11-26-19)20(23(30)24(28)31)22(29)17-13-27-18-9-2-1-8-16(17)18/h1-13,21,27,29H/b22-20-. The van der Waals surface area contributed by atoms with Crippen molar-refractivity contribution in [3.63, 3.8) is 0 Å². The zero-order chi connectivity index (χ0) is 21.5. The zero-order valence-corrected chi connectivity index (χ0v) is 16.1. The number of benzene rings is 2. The van der Waals surface area contributed by atoms with Gasteiger partial charge in [0.05, 0.1) is 11.3 Å². The number of aromatic nitrogens is 2. The van der Waals surface area contributed by atoms with Crippen molar-refractivity contribution in [1.82, 2.24) is 9.97 Å². The van der Waals surface area contributed by atoms with Gasteiger partial charge in [-0.05, 0) is 36.4 Å². The summed E-state index contributed by atoms with van der Waals surface area (Å²) in [6.07, 6.45) is 3.12. The number of para-hydroxylation sites is 1. The number of H-pyrrole nitrogens is 1. The normalized spacial score (nSPS) is 18.1. The Labute approximate surface area is 176 Å². The highest BCUT2D eigenvalue weighted by atomic mass is 19.1. The largest absolute Gasteiger partial charge is 0.507 e. The van der Waals surface area contributed by atoms with E-state index in [2.05, 4.69) is 9.97 Å². The van der Waals surface area contributed by atoms with E-state index in [1.54, 1.807) is 30.5 Å². The summed E-state index contributed by atoms with van der Waals surface area (Å²) in [5.74, 6) is -2.58. The lowest BCUT2D eigenvalue weighted by atomic mass is 9.98. The predicted octanol–water partition coefficient (Wildman–Crippen LogP) is 4.33. The van der Waals surface area contributed by atoms with E-state index in [1.165, 1.54) is 35.4 Å². The highest BCUT2D eigenvalue weighted by Crippen LogP contribution is 2.42. The van der Waals surface area contributed by atoms with Gasteiger partial charge in [-0.2, -0.15) is 0 Å². The molecule has 31 heavy (non-hydrogen) atoms. The topological polar surface area (TPSA) is 86.3 Å². The van der Waals surface area contributed by atoms with Crippen molar-refractivity contribution in [1.29, 1.82) is 0 Å². The van der Waals surface area contributed by atoms with E-state index in [0.29, 0.717) is 16.6 Å². The van der Waals surface area contributed by atoms with E-state index in [0.717, 1.165) is 5.52 Å². The van der Waals surface area contributed by atoms with E-state index < -0.39 is 23.5 Å². The molecule has 7 heteroatoms. The first-order valence-corrected chi connectivity index (χ1v) is 9.60. The molecule has 1 amide bonds. The molecule has 1 fully saturated rings. The number of nitrogens with one attached hydrogen (secondary N) is 1. The average molecular weight is 413 g/mol. The number of carbonyl (C=O) groups excluding carboxylic acids is 2. The second kappa shape index (κ2) is 7.21. The van der Waals surface area contributed by atoms with Crippen LogP contribution in [0.4, 0.5) is 10.1 Å². The molecule has 0 aliphatic carbocycles. The lowest BCUT2D eigenvalue weighted by Gasteiger charge is -2.24. The number of amides is 1. The molecule has 2 aromatic carbocycles. The first kappa shape index (κ1) is 18.7. The lowest BCUT2D eigenvalue weighted by molar-refractivity contribution is -0.132. The average Bonchev–Trinajstić information content (AvgIpc) is 3.33. The van der Waals surface area contributed by atoms with Crippen molar-refractivity contribution < 1.29 is 19.1 Å². The molecule has 6 nitrogen and oxygen atoms in total. The minimum Gasteiger partial charge on any atom is -0.507 e. The molecule has 3 heterocycles. The summed E-state index contributed by atoms with van der Waals surface area (Å²) in [7, 11) is 0. The molecule has 1 atom stereocenters. The number of pyridine rings is 1. The van der Waals surface area contributed by atoms with Crippen LogP contribution < -0.4 is 4.90 Å². The number of nitrogens with zero attached hydrogens (tertiary/aromatic N) is 2. The van der Waals surface area contributed by atoms with Crippen LogP contribution in [0.15, 0.2) is 84.7 Å². The van der Waals surface area contributed by atoms with E-state index in [1.807, 2.05) is 18.2 Å². The molecule has 0 saturated carbocycles. The molecule has 152 valence electrons. The van der Waals surface area contributed by atoms with E-state index in [-0.39, 0.29) is 17.0 Å². The number of fused-ring (bicyclic) bond motifs is 1. The molecular formula is C24H16FN3O3. The van der Waals surface area contributed by atoms with Gasteiger partial charge < -0.3 is 10.1 Å². The number of anilines is 1. The van der Waals surface area contributed by atoms with Crippen molar-refractivity contribution in [2.75, 3.05) is 4.90 Å². The first-order valence-electron chi connectivity index (χ1n) is 9.60. The Hall–Kier alpha value is -4.26. The second-order valence-corrected chi connectivity index (χ2v) is 7.15. The summed E-state index contributed by atoms with van der Waals surface area (Å²) < 4.78 is 13.9. The molecular weight excluding hydrogens is 397 g/mol. The first-order chi connectivity index (χ1) is 15.1. The fourth-order valence-electron chi connectivity index (χ4n) is 3.95. The van der Waals surface area contributed by atoms with E-state index in [9.17, 15) is 19.1 Å². The summed E-state index contributed by atoms with van der Waals surface area (Å²) in [6, 6.07) is 16.8. The third kappa shape index (κ3) is 2.98. The van der Waals surface area contributed by atoms with Gasteiger partial charge in [0.25, 0.3) is 11.7 Å². The number of halogens is 1. The van der Waals surface area contributed by atoms with Crippen molar-refractivity contribution in [3.05, 3.63) is 102 Å². The monoisotopic (exact) mass is 413 g/mol. The van der Waals surface area contributed by atoms with Gasteiger partial charge in [-0.15, -0.1) is 0 Å². The summed E-state index contributed by atoms with van der Waals surface area (Å²) in [5.41, 5.74) is 1.66. The molecule has 2 aromatic heterocycles. The summed E-state index contributed by atoms with van der Waals surface area (Å²) in [6.45, 7) is 0. The Bertz CT molecular complexity index is 1360. The number of aromatic amines is 1. The van der Waals surface area contributed by atoms with Crippen molar-refractivity contribution in [2.45, 2.75) is 6.04 Å². The highest BCUT2D eigenvalue weighted by Gasteiger charge is 2.47. The van der Waals surface area contributed by atoms with Gasteiger partial charge in [0, 0.05) is 34.5 Å². The number of carbonyl (C=O) groups is 2. The molecule has 1 saturated heterocycles. The van der Waals surface area contributed by atoms with Crippen molar-refractivity contribution in [2.24, 2.45) is 0 Å². The molecule has 1 unspecified atom stereocenters. The van der Waals surface area contributed by atoms with Gasteiger partial charge in [0.1, 0.15) is 17.6 Å². The Morgan fingerprint density at radius 1 is 1.03 bits per heavy atom. The number of ketones is 1. The van der Waals surface area contributed by atoms with Crippen LogP contribution in [0.3, 0.4) is 0 Å². The number of hydrogen-bond acceptors (Lipinski definition) is 4. The Balaban J connectivity index is 1.76. The van der Waals surface area contributed by atoms with Crippen LogP contribution in [0.1, 0.15) is 17.3 Å². The highest BCUT2D eigenvalue weighted by molar-refractivity contribution is 6.51. The summed E-state index contributed by atoms with van der Waals surface area (Å²) in [4.78, 5) is 34.7. The minimum atomic E-state index is -1.00. The SMILES string of the molecule is O=C1C(=O)N(c2cccc(F)c2)C(c2ccccn2)/C1=C(/O)c1c[nH]c2ccccc12. The zero-order valence-electron chi connectivity index (χ0n) is 16.1. The Morgan fingerprint density at radius 2 is 1.84 bits per heavy atom. The van der Waals surface area contributed by atoms with Gasteiger partial charge in [-0.25, -0.2) is 4.39 Å². The maximum absolute atomic E-state index is 13.9. The lowest BCUT2D eigenvalue weighted by Crippen LogP contribution is -2.29.